The molecule has 84 valence electrons. The van der Waals surface area contributed by atoms with Crippen molar-refractivity contribution in [1.82, 2.24) is 5.32 Å². The van der Waals surface area contributed by atoms with Crippen LogP contribution >= 0.6 is 11.3 Å². The third kappa shape index (κ3) is 3.03. The molecule has 2 atom stereocenters. The highest BCUT2D eigenvalue weighted by Crippen LogP contribution is 2.23. The summed E-state index contributed by atoms with van der Waals surface area (Å²) in [4.78, 5) is 2.82. The fraction of sp³-hybridized carbons (Fsp3) is 0.667. The van der Waals surface area contributed by atoms with Crippen LogP contribution in [-0.4, -0.2) is 19.3 Å². The molecule has 1 aliphatic rings. The van der Waals surface area contributed by atoms with E-state index in [0.29, 0.717) is 12.1 Å². The van der Waals surface area contributed by atoms with E-state index >= 15 is 0 Å². The minimum atomic E-state index is 0.454. The Morgan fingerprint density at radius 3 is 3.00 bits per heavy atom. The molecule has 0 amide bonds. The molecule has 2 nitrogen and oxygen atoms in total. The van der Waals surface area contributed by atoms with Gasteiger partial charge in [0.05, 0.1) is 6.61 Å². The van der Waals surface area contributed by atoms with Gasteiger partial charge in [0.2, 0.25) is 0 Å². The zero-order valence-electron chi connectivity index (χ0n) is 9.45. The van der Waals surface area contributed by atoms with Crippen molar-refractivity contribution in [3.05, 3.63) is 21.9 Å². The van der Waals surface area contributed by atoms with Gasteiger partial charge in [0.1, 0.15) is 0 Å². The van der Waals surface area contributed by atoms with Crippen LogP contribution in [0.25, 0.3) is 0 Å². The summed E-state index contributed by atoms with van der Waals surface area (Å²) in [7, 11) is 0. The number of nitrogens with one attached hydrogen (secondary N) is 1. The van der Waals surface area contributed by atoms with Gasteiger partial charge in [-0.1, -0.05) is 0 Å². The quantitative estimate of drug-likeness (QED) is 0.854. The van der Waals surface area contributed by atoms with Gasteiger partial charge < -0.3 is 10.1 Å². The Balaban J connectivity index is 1.88. The molecule has 0 bridgehead atoms. The third-order valence-corrected chi connectivity index (χ3v) is 4.02. The van der Waals surface area contributed by atoms with E-state index in [1.54, 1.807) is 0 Å². The molecule has 2 rings (SSSR count). The van der Waals surface area contributed by atoms with Gasteiger partial charge in [0, 0.05) is 28.4 Å². The number of hydrogen-bond acceptors (Lipinski definition) is 3. The lowest BCUT2D eigenvalue weighted by atomic mass is 10.1. The molecule has 1 aromatic rings. The topological polar surface area (TPSA) is 21.3 Å². The van der Waals surface area contributed by atoms with Crippen molar-refractivity contribution in [2.75, 3.05) is 13.2 Å². The van der Waals surface area contributed by atoms with Crippen LogP contribution in [0, 0.1) is 6.92 Å². The summed E-state index contributed by atoms with van der Waals surface area (Å²) in [6, 6.07) is 5.41. The maximum atomic E-state index is 5.46. The molecular formula is C12H19NOS. The van der Waals surface area contributed by atoms with Gasteiger partial charge in [0.15, 0.2) is 0 Å². The van der Waals surface area contributed by atoms with Gasteiger partial charge in [-0.15, -0.1) is 11.3 Å². The average Bonchev–Trinajstić information content (AvgIpc) is 2.66. The van der Waals surface area contributed by atoms with E-state index in [-0.39, 0.29) is 0 Å². The fourth-order valence-electron chi connectivity index (χ4n) is 1.99. The maximum Gasteiger partial charge on any atom is 0.0619 e. The zero-order chi connectivity index (χ0) is 10.7. The van der Waals surface area contributed by atoms with E-state index in [0.717, 1.165) is 13.2 Å². The molecule has 1 N–H and O–H groups in total. The number of rotatable bonds is 3. The first-order valence-electron chi connectivity index (χ1n) is 5.66. The molecular weight excluding hydrogens is 206 g/mol. The van der Waals surface area contributed by atoms with E-state index in [2.05, 4.69) is 31.3 Å². The molecule has 0 spiro atoms. The van der Waals surface area contributed by atoms with Gasteiger partial charge >= 0.3 is 0 Å². The van der Waals surface area contributed by atoms with Crippen LogP contribution < -0.4 is 5.32 Å². The molecule has 0 radical (unpaired) electrons. The summed E-state index contributed by atoms with van der Waals surface area (Å²) in [5, 5.41) is 3.63. The van der Waals surface area contributed by atoms with Gasteiger partial charge in [-0.2, -0.15) is 0 Å². The fourth-order valence-corrected chi connectivity index (χ4v) is 2.88. The van der Waals surface area contributed by atoms with Crippen LogP contribution in [0.2, 0.25) is 0 Å². The molecule has 0 aromatic carbocycles. The van der Waals surface area contributed by atoms with Gasteiger partial charge in [0.25, 0.3) is 0 Å². The minimum Gasteiger partial charge on any atom is -0.380 e. The van der Waals surface area contributed by atoms with Crippen molar-refractivity contribution in [3.8, 4) is 0 Å². The SMILES string of the molecule is Cc1ccc(C(C)NC2CCCOC2)s1. The monoisotopic (exact) mass is 225 g/mol. The second kappa shape index (κ2) is 5.10. The Morgan fingerprint density at radius 1 is 1.53 bits per heavy atom. The normalized spacial score (nSPS) is 24.0. The highest BCUT2D eigenvalue weighted by molar-refractivity contribution is 7.12. The van der Waals surface area contributed by atoms with E-state index in [9.17, 15) is 0 Å². The first-order chi connectivity index (χ1) is 7.25. The van der Waals surface area contributed by atoms with Crippen molar-refractivity contribution in [3.63, 3.8) is 0 Å². The average molecular weight is 225 g/mol. The van der Waals surface area contributed by atoms with Crippen molar-refractivity contribution in [2.24, 2.45) is 0 Å². The Hall–Kier alpha value is -0.380. The van der Waals surface area contributed by atoms with Crippen LogP contribution in [0.1, 0.15) is 35.6 Å². The highest BCUT2D eigenvalue weighted by atomic mass is 32.1. The molecule has 1 aromatic heterocycles. The summed E-state index contributed by atoms with van der Waals surface area (Å²) in [6.07, 6.45) is 2.43. The summed E-state index contributed by atoms with van der Waals surface area (Å²) < 4.78 is 5.46. The highest BCUT2D eigenvalue weighted by Gasteiger charge is 2.17. The van der Waals surface area contributed by atoms with Gasteiger partial charge in [-0.3, -0.25) is 0 Å². The molecule has 2 unspecified atom stereocenters. The van der Waals surface area contributed by atoms with Crippen molar-refractivity contribution in [2.45, 2.75) is 38.8 Å². The third-order valence-electron chi connectivity index (χ3n) is 2.83. The Bertz CT molecular complexity index is 304. The van der Waals surface area contributed by atoms with Crippen LogP contribution in [0.5, 0.6) is 0 Å². The lowest BCUT2D eigenvalue weighted by Gasteiger charge is -2.26. The minimum absolute atomic E-state index is 0.454. The number of aryl methyl sites for hydroxylation is 1. The Morgan fingerprint density at radius 2 is 2.40 bits per heavy atom. The molecule has 0 aliphatic carbocycles. The van der Waals surface area contributed by atoms with E-state index in [4.69, 9.17) is 4.74 Å². The van der Waals surface area contributed by atoms with E-state index in [1.165, 1.54) is 22.6 Å². The first kappa shape index (κ1) is 11.1. The second-order valence-electron chi connectivity index (χ2n) is 4.25. The van der Waals surface area contributed by atoms with Gasteiger partial charge in [-0.05, 0) is 38.8 Å². The Kier molecular flexibility index (Phi) is 3.78. The standard InChI is InChI=1S/C12H19NOS/c1-9-5-6-12(15-9)10(2)13-11-4-3-7-14-8-11/h5-6,10-11,13H,3-4,7-8H2,1-2H3. The smallest absolute Gasteiger partial charge is 0.0619 e. The predicted octanol–water partition coefficient (Wildman–Crippen LogP) is 2.89. The number of thiophene rings is 1. The van der Waals surface area contributed by atoms with Crippen LogP contribution in [0.4, 0.5) is 0 Å². The van der Waals surface area contributed by atoms with Gasteiger partial charge in [-0.25, -0.2) is 0 Å². The zero-order valence-corrected chi connectivity index (χ0v) is 10.3. The summed E-state index contributed by atoms with van der Waals surface area (Å²) in [5.41, 5.74) is 0. The van der Waals surface area contributed by atoms with E-state index in [1.807, 2.05) is 11.3 Å². The van der Waals surface area contributed by atoms with Crippen LogP contribution in [-0.2, 0) is 4.74 Å². The number of hydrogen-bond donors (Lipinski definition) is 1. The lowest BCUT2D eigenvalue weighted by Crippen LogP contribution is -2.38. The van der Waals surface area contributed by atoms with Crippen molar-refractivity contribution in [1.29, 1.82) is 0 Å². The molecule has 1 saturated heterocycles. The lowest BCUT2D eigenvalue weighted by molar-refractivity contribution is 0.0672. The summed E-state index contributed by atoms with van der Waals surface area (Å²) in [5.74, 6) is 0. The molecule has 1 fully saturated rings. The van der Waals surface area contributed by atoms with Crippen LogP contribution in [0.3, 0.4) is 0 Å². The summed E-state index contributed by atoms with van der Waals surface area (Å²) >= 11 is 1.88. The Labute approximate surface area is 95.6 Å². The first-order valence-corrected chi connectivity index (χ1v) is 6.47. The van der Waals surface area contributed by atoms with Crippen molar-refractivity contribution < 1.29 is 4.74 Å². The largest absolute Gasteiger partial charge is 0.380 e. The molecule has 3 heteroatoms. The molecule has 0 saturated carbocycles. The van der Waals surface area contributed by atoms with E-state index < -0.39 is 0 Å². The molecule has 2 heterocycles. The summed E-state index contributed by atoms with van der Waals surface area (Å²) in [6.45, 7) is 6.20. The predicted molar refractivity (Wildman–Crippen MR) is 64.4 cm³/mol. The maximum absolute atomic E-state index is 5.46. The molecule has 15 heavy (non-hydrogen) atoms. The van der Waals surface area contributed by atoms with Crippen molar-refractivity contribution >= 4 is 11.3 Å². The molecule has 1 aliphatic heterocycles. The number of ether oxygens (including phenoxy) is 1. The van der Waals surface area contributed by atoms with Crippen LogP contribution in [0.15, 0.2) is 12.1 Å². The second-order valence-corrected chi connectivity index (χ2v) is 5.57.